The average molecular weight is 388 g/mol. The number of alkyl halides is 3. The first-order chi connectivity index (χ1) is 13.4. The normalized spacial score (nSPS) is 11.7. The van der Waals surface area contributed by atoms with E-state index >= 15 is 0 Å². The number of oxazole rings is 1. The van der Waals surface area contributed by atoms with E-state index in [1.807, 2.05) is 19.1 Å². The van der Waals surface area contributed by atoms with Crippen molar-refractivity contribution < 1.29 is 17.6 Å². The maximum absolute atomic E-state index is 12.6. The molecular formula is C18H15F3N6O. The molecule has 0 bridgehead atoms. The number of hydrogen-bond donors (Lipinski definition) is 3. The van der Waals surface area contributed by atoms with Gasteiger partial charge in [-0.3, -0.25) is 0 Å². The van der Waals surface area contributed by atoms with Crippen molar-refractivity contribution in [3.05, 3.63) is 48.6 Å². The highest BCUT2D eigenvalue weighted by molar-refractivity contribution is 5.88. The van der Waals surface area contributed by atoms with E-state index in [-0.39, 0.29) is 11.8 Å². The van der Waals surface area contributed by atoms with Gasteiger partial charge < -0.3 is 20.0 Å². The Kier molecular flexibility index (Phi) is 4.38. The second-order valence-corrected chi connectivity index (χ2v) is 6.07. The molecule has 10 heteroatoms. The van der Waals surface area contributed by atoms with Crippen LogP contribution >= 0.6 is 0 Å². The Morgan fingerprint density at radius 2 is 1.89 bits per heavy atom. The van der Waals surface area contributed by atoms with Crippen LogP contribution in [0.15, 0.2) is 47.3 Å². The van der Waals surface area contributed by atoms with Crippen LogP contribution in [-0.4, -0.2) is 32.7 Å². The van der Waals surface area contributed by atoms with Crippen molar-refractivity contribution in [2.75, 3.05) is 17.2 Å². The third kappa shape index (κ3) is 3.75. The zero-order chi connectivity index (χ0) is 19.7. The Morgan fingerprint density at radius 3 is 2.57 bits per heavy atom. The standard InChI is InChI=1S/C18H15F3N6O/c1-10-14(28-9-24-10)11-2-4-12(5-3-11)25-17-26-15-13(6-7-22-15)16(27-17)23-8-18(19,20)21/h2-7,9H,8H2,1H3,(H3,22,23,25,26,27). The van der Waals surface area contributed by atoms with Crippen LogP contribution in [0.3, 0.4) is 0 Å². The summed E-state index contributed by atoms with van der Waals surface area (Å²) >= 11 is 0. The highest BCUT2D eigenvalue weighted by atomic mass is 19.4. The van der Waals surface area contributed by atoms with Crippen LogP contribution in [0.1, 0.15) is 5.69 Å². The molecule has 28 heavy (non-hydrogen) atoms. The molecule has 1 aromatic carbocycles. The lowest BCUT2D eigenvalue weighted by atomic mass is 10.1. The third-order valence-electron chi connectivity index (χ3n) is 4.02. The zero-order valence-electron chi connectivity index (χ0n) is 14.6. The van der Waals surface area contributed by atoms with Crippen molar-refractivity contribution >= 4 is 28.5 Å². The lowest BCUT2D eigenvalue weighted by Crippen LogP contribution is -2.22. The van der Waals surface area contributed by atoms with Gasteiger partial charge in [-0.15, -0.1) is 0 Å². The van der Waals surface area contributed by atoms with E-state index in [4.69, 9.17) is 4.42 Å². The Balaban J connectivity index is 1.58. The number of aromatic amines is 1. The lowest BCUT2D eigenvalue weighted by molar-refractivity contribution is -0.115. The summed E-state index contributed by atoms with van der Waals surface area (Å²) in [5, 5.41) is 5.80. The lowest BCUT2D eigenvalue weighted by Gasteiger charge is -2.12. The minimum absolute atomic E-state index is 0.0972. The number of nitrogens with zero attached hydrogens (tertiary/aromatic N) is 3. The molecule has 144 valence electrons. The highest BCUT2D eigenvalue weighted by Crippen LogP contribution is 2.27. The van der Waals surface area contributed by atoms with Crippen LogP contribution in [-0.2, 0) is 0 Å². The van der Waals surface area contributed by atoms with Crippen LogP contribution in [0.2, 0.25) is 0 Å². The van der Waals surface area contributed by atoms with Gasteiger partial charge in [0, 0.05) is 17.4 Å². The zero-order valence-corrected chi connectivity index (χ0v) is 14.6. The first-order valence-electron chi connectivity index (χ1n) is 8.32. The van der Waals surface area contributed by atoms with Gasteiger partial charge in [-0.05, 0) is 37.3 Å². The number of nitrogens with one attached hydrogen (secondary N) is 3. The SMILES string of the molecule is Cc1ncoc1-c1ccc(Nc2nc(NCC(F)(F)F)c3cc[nH]c3n2)cc1. The highest BCUT2D eigenvalue weighted by Gasteiger charge is 2.27. The van der Waals surface area contributed by atoms with E-state index in [0.29, 0.717) is 22.5 Å². The number of anilines is 3. The summed E-state index contributed by atoms with van der Waals surface area (Å²) in [5.74, 6) is 0.942. The molecule has 0 radical (unpaired) electrons. The first-order valence-corrected chi connectivity index (χ1v) is 8.32. The molecule has 3 aromatic heterocycles. The van der Waals surface area contributed by atoms with Gasteiger partial charge in [0.25, 0.3) is 0 Å². The van der Waals surface area contributed by atoms with E-state index in [1.54, 1.807) is 24.4 Å². The molecule has 3 N–H and O–H groups in total. The molecule has 0 saturated heterocycles. The quantitative estimate of drug-likeness (QED) is 0.461. The molecule has 0 aliphatic heterocycles. The molecule has 0 unspecified atom stereocenters. The smallest absolute Gasteiger partial charge is 0.405 e. The van der Waals surface area contributed by atoms with E-state index in [0.717, 1.165) is 11.3 Å². The van der Waals surface area contributed by atoms with Gasteiger partial charge in [0.2, 0.25) is 5.95 Å². The van der Waals surface area contributed by atoms with Gasteiger partial charge in [0.15, 0.2) is 12.2 Å². The molecular weight excluding hydrogens is 373 g/mol. The molecule has 0 fully saturated rings. The molecule has 0 spiro atoms. The van der Waals surface area contributed by atoms with Gasteiger partial charge >= 0.3 is 6.18 Å². The van der Waals surface area contributed by atoms with E-state index in [2.05, 4.69) is 30.6 Å². The molecule has 0 saturated carbocycles. The number of hydrogen-bond acceptors (Lipinski definition) is 6. The molecule has 4 aromatic rings. The molecule has 0 atom stereocenters. The number of aromatic nitrogens is 4. The van der Waals surface area contributed by atoms with Crippen LogP contribution in [0, 0.1) is 6.92 Å². The second kappa shape index (κ2) is 6.87. The first kappa shape index (κ1) is 17.8. The summed E-state index contributed by atoms with van der Waals surface area (Å²) in [6.07, 6.45) is -1.38. The molecule has 7 nitrogen and oxygen atoms in total. The molecule has 3 heterocycles. The Bertz CT molecular complexity index is 1100. The minimum Gasteiger partial charge on any atom is -0.443 e. The van der Waals surface area contributed by atoms with E-state index < -0.39 is 12.7 Å². The molecule has 4 rings (SSSR count). The Morgan fingerprint density at radius 1 is 1.11 bits per heavy atom. The molecule has 0 amide bonds. The summed E-state index contributed by atoms with van der Waals surface area (Å²) in [6.45, 7) is 0.662. The molecule has 0 aliphatic carbocycles. The number of halogens is 3. The number of rotatable bonds is 5. The largest absolute Gasteiger partial charge is 0.443 e. The van der Waals surface area contributed by atoms with Gasteiger partial charge in [-0.1, -0.05) is 0 Å². The number of H-pyrrole nitrogens is 1. The third-order valence-corrected chi connectivity index (χ3v) is 4.02. The topological polar surface area (TPSA) is 91.7 Å². The van der Waals surface area contributed by atoms with E-state index in [9.17, 15) is 13.2 Å². The Labute approximate surface area is 157 Å². The van der Waals surface area contributed by atoms with Crippen molar-refractivity contribution in [1.29, 1.82) is 0 Å². The Hall–Kier alpha value is -3.56. The predicted molar refractivity (Wildman–Crippen MR) is 98.4 cm³/mol. The maximum atomic E-state index is 12.6. The van der Waals surface area contributed by atoms with Gasteiger partial charge in [-0.25, -0.2) is 4.98 Å². The van der Waals surface area contributed by atoms with Crippen molar-refractivity contribution in [3.63, 3.8) is 0 Å². The monoisotopic (exact) mass is 388 g/mol. The van der Waals surface area contributed by atoms with Crippen LogP contribution in [0.25, 0.3) is 22.4 Å². The summed E-state index contributed by atoms with van der Waals surface area (Å²) in [5.41, 5.74) is 2.74. The number of benzene rings is 1. The predicted octanol–water partition coefficient (Wildman–Crippen LogP) is 4.64. The van der Waals surface area contributed by atoms with Crippen LogP contribution in [0.5, 0.6) is 0 Å². The number of fused-ring (bicyclic) bond motifs is 1. The van der Waals surface area contributed by atoms with Crippen LogP contribution in [0.4, 0.5) is 30.6 Å². The van der Waals surface area contributed by atoms with Crippen molar-refractivity contribution in [3.8, 4) is 11.3 Å². The average Bonchev–Trinajstić information content (AvgIpc) is 3.28. The summed E-state index contributed by atoms with van der Waals surface area (Å²) < 4.78 is 43.0. The fraction of sp³-hybridized carbons (Fsp3) is 0.167. The van der Waals surface area contributed by atoms with Gasteiger partial charge in [0.1, 0.15) is 18.0 Å². The summed E-state index contributed by atoms with van der Waals surface area (Å²) in [4.78, 5) is 15.4. The van der Waals surface area contributed by atoms with Crippen molar-refractivity contribution in [2.24, 2.45) is 0 Å². The fourth-order valence-electron chi connectivity index (χ4n) is 2.73. The van der Waals surface area contributed by atoms with Gasteiger partial charge in [-0.2, -0.15) is 23.1 Å². The minimum atomic E-state index is -4.35. The van der Waals surface area contributed by atoms with Crippen molar-refractivity contribution in [2.45, 2.75) is 13.1 Å². The summed E-state index contributed by atoms with van der Waals surface area (Å²) in [7, 11) is 0. The van der Waals surface area contributed by atoms with Crippen molar-refractivity contribution in [1.82, 2.24) is 19.9 Å². The molecule has 0 aliphatic rings. The van der Waals surface area contributed by atoms with E-state index in [1.165, 1.54) is 6.39 Å². The fourth-order valence-corrected chi connectivity index (χ4v) is 2.73. The second-order valence-electron chi connectivity index (χ2n) is 6.07. The van der Waals surface area contributed by atoms with Crippen LogP contribution < -0.4 is 10.6 Å². The maximum Gasteiger partial charge on any atom is 0.405 e. The summed E-state index contributed by atoms with van der Waals surface area (Å²) in [6, 6.07) is 8.88. The number of aryl methyl sites for hydroxylation is 1. The van der Waals surface area contributed by atoms with Gasteiger partial charge in [0.05, 0.1) is 11.1 Å².